The fraction of sp³-hybridized carbons (Fsp3) is 0.381. The molecule has 1 amide bonds. The van der Waals surface area contributed by atoms with E-state index in [2.05, 4.69) is 6.07 Å². The summed E-state index contributed by atoms with van der Waals surface area (Å²) in [5, 5.41) is 0. The maximum Gasteiger partial charge on any atom is 0.254 e. The van der Waals surface area contributed by atoms with Crippen LogP contribution in [-0.4, -0.2) is 31.1 Å². The Morgan fingerprint density at radius 3 is 3.00 bits per heavy atom. The molecule has 4 nitrogen and oxygen atoms in total. The Balaban J connectivity index is 1.63. The van der Waals surface area contributed by atoms with Crippen molar-refractivity contribution in [2.75, 3.05) is 20.3 Å². The number of benzene rings is 2. The number of carbonyl (C=O) groups excluding carboxylic acids is 1. The number of rotatable bonds is 3. The van der Waals surface area contributed by atoms with Crippen LogP contribution in [0.25, 0.3) is 0 Å². The van der Waals surface area contributed by atoms with E-state index in [0.717, 1.165) is 60.4 Å². The van der Waals surface area contributed by atoms with Gasteiger partial charge in [0, 0.05) is 18.5 Å². The molecule has 2 aromatic carbocycles. The highest BCUT2D eigenvalue weighted by Gasteiger charge is 2.29. The standard InChI is InChI=1S/C21H23NO3/c1-24-18-6-4-5-15(14-18)19-7-2-3-11-22(19)21(23)17-8-9-20-16(13-17)10-12-25-20/h4-6,8-9,13-14,19H,2-3,7,10-12H2,1H3/t19-/m1/s1. The summed E-state index contributed by atoms with van der Waals surface area (Å²) < 4.78 is 10.9. The zero-order valence-electron chi connectivity index (χ0n) is 14.5. The molecule has 1 atom stereocenters. The van der Waals surface area contributed by atoms with Crippen molar-refractivity contribution in [3.8, 4) is 11.5 Å². The van der Waals surface area contributed by atoms with Gasteiger partial charge in [-0.25, -0.2) is 0 Å². The van der Waals surface area contributed by atoms with Gasteiger partial charge in [0.2, 0.25) is 0 Å². The van der Waals surface area contributed by atoms with Gasteiger partial charge in [0.05, 0.1) is 19.8 Å². The normalized spacial score (nSPS) is 19.2. The molecule has 25 heavy (non-hydrogen) atoms. The molecule has 0 aliphatic carbocycles. The Morgan fingerprint density at radius 2 is 2.12 bits per heavy atom. The number of methoxy groups -OCH3 is 1. The van der Waals surface area contributed by atoms with Gasteiger partial charge in [-0.15, -0.1) is 0 Å². The minimum absolute atomic E-state index is 0.112. The van der Waals surface area contributed by atoms with Crippen LogP contribution in [0.3, 0.4) is 0 Å². The Kier molecular flexibility index (Phi) is 4.35. The molecule has 1 fully saturated rings. The van der Waals surface area contributed by atoms with Gasteiger partial charge in [-0.1, -0.05) is 12.1 Å². The van der Waals surface area contributed by atoms with Gasteiger partial charge in [0.1, 0.15) is 11.5 Å². The van der Waals surface area contributed by atoms with Crippen LogP contribution < -0.4 is 9.47 Å². The van der Waals surface area contributed by atoms with E-state index >= 15 is 0 Å². The van der Waals surface area contributed by atoms with E-state index in [9.17, 15) is 4.79 Å². The third-order valence-corrected chi connectivity index (χ3v) is 5.18. The minimum atomic E-state index is 0.112. The smallest absolute Gasteiger partial charge is 0.254 e. The first-order valence-corrected chi connectivity index (χ1v) is 8.97. The third-order valence-electron chi connectivity index (χ3n) is 5.18. The molecule has 130 valence electrons. The maximum absolute atomic E-state index is 13.2. The molecule has 1 saturated heterocycles. The van der Waals surface area contributed by atoms with E-state index in [-0.39, 0.29) is 11.9 Å². The predicted molar refractivity (Wildman–Crippen MR) is 96.3 cm³/mol. The van der Waals surface area contributed by atoms with Crippen LogP contribution in [0, 0.1) is 0 Å². The molecule has 4 rings (SSSR count). The maximum atomic E-state index is 13.2. The average molecular weight is 337 g/mol. The summed E-state index contributed by atoms with van der Waals surface area (Å²) >= 11 is 0. The number of hydrogen-bond donors (Lipinski definition) is 0. The summed E-state index contributed by atoms with van der Waals surface area (Å²) in [4.78, 5) is 15.2. The largest absolute Gasteiger partial charge is 0.497 e. The second-order valence-electron chi connectivity index (χ2n) is 6.71. The zero-order chi connectivity index (χ0) is 17.2. The summed E-state index contributed by atoms with van der Waals surface area (Å²) in [6.07, 6.45) is 4.08. The molecule has 0 aromatic heterocycles. The number of amides is 1. The van der Waals surface area contributed by atoms with Gasteiger partial charge >= 0.3 is 0 Å². The molecule has 4 heteroatoms. The summed E-state index contributed by atoms with van der Waals surface area (Å²) in [7, 11) is 1.68. The van der Waals surface area contributed by atoms with Crippen molar-refractivity contribution in [3.63, 3.8) is 0 Å². The highest BCUT2D eigenvalue weighted by molar-refractivity contribution is 5.95. The van der Waals surface area contributed by atoms with E-state index in [1.54, 1.807) is 7.11 Å². The molecule has 0 spiro atoms. The summed E-state index contributed by atoms with van der Waals surface area (Å²) in [5.41, 5.74) is 3.05. The number of fused-ring (bicyclic) bond motifs is 1. The minimum Gasteiger partial charge on any atom is -0.497 e. The van der Waals surface area contributed by atoms with Crippen molar-refractivity contribution in [2.45, 2.75) is 31.7 Å². The van der Waals surface area contributed by atoms with Crippen molar-refractivity contribution in [1.29, 1.82) is 0 Å². The molecule has 0 radical (unpaired) electrons. The molecule has 2 aliphatic heterocycles. The second-order valence-corrected chi connectivity index (χ2v) is 6.71. The van der Waals surface area contributed by atoms with Crippen LogP contribution in [0.1, 0.15) is 46.8 Å². The lowest BCUT2D eigenvalue weighted by Gasteiger charge is -2.36. The molecule has 0 N–H and O–H groups in total. The summed E-state index contributed by atoms with van der Waals surface area (Å²) in [6.45, 7) is 1.51. The van der Waals surface area contributed by atoms with Crippen LogP contribution >= 0.6 is 0 Å². The van der Waals surface area contributed by atoms with Gasteiger partial charge < -0.3 is 14.4 Å². The summed E-state index contributed by atoms with van der Waals surface area (Å²) in [6, 6.07) is 14.0. The fourth-order valence-electron chi connectivity index (χ4n) is 3.86. The molecular weight excluding hydrogens is 314 g/mol. The van der Waals surface area contributed by atoms with Crippen molar-refractivity contribution in [3.05, 3.63) is 59.2 Å². The van der Waals surface area contributed by atoms with Gasteiger partial charge in [-0.2, -0.15) is 0 Å². The number of hydrogen-bond acceptors (Lipinski definition) is 3. The van der Waals surface area contributed by atoms with E-state index < -0.39 is 0 Å². The van der Waals surface area contributed by atoms with Gasteiger partial charge in [0.15, 0.2) is 0 Å². The first-order valence-electron chi connectivity index (χ1n) is 8.97. The number of likely N-dealkylation sites (tertiary alicyclic amines) is 1. The van der Waals surface area contributed by atoms with E-state index in [4.69, 9.17) is 9.47 Å². The predicted octanol–water partition coefficient (Wildman–Crippen LogP) is 4.00. The van der Waals surface area contributed by atoms with Crippen LogP contribution in [0.5, 0.6) is 11.5 Å². The molecule has 2 aliphatic rings. The lowest BCUT2D eigenvalue weighted by molar-refractivity contribution is 0.0611. The molecule has 2 heterocycles. The molecule has 0 saturated carbocycles. The lowest BCUT2D eigenvalue weighted by Crippen LogP contribution is -2.38. The topological polar surface area (TPSA) is 38.8 Å². The molecular formula is C21H23NO3. The quantitative estimate of drug-likeness (QED) is 0.850. The third kappa shape index (κ3) is 3.09. The number of ether oxygens (including phenoxy) is 2. The summed E-state index contributed by atoms with van der Waals surface area (Å²) in [5.74, 6) is 1.87. The molecule has 0 unspecified atom stereocenters. The first kappa shape index (κ1) is 16.0. The van der Waals surface area contributed by atoms with Crippen LogP contribution in [0.4, 0.5) is 0 Å². The van der Waals surface area contributed by atoms with Crippen molar-refractivity contribution >= 4 is 5.91 Å². The van der Waals surface area contributed by atoms with Gasteiger partial charge in [0.25, 0.3) is 5.91 Å². The van der Waals surface area contributed by atoms with Gasteiger partial charge in [-0.3, -0.25) is 4.79 Å². The fourth-order valence-corrected chi connectivity index (χ4v) is 3.86. The van der Waals surface area contributed by atoms with Crippen molar-refractivity contribution in [1.82, 2.24) is 4.90 Å². The molecule has 2 aromatic rings. The van der Waals surface area contributed by atoms with Crippen molar-refractivity contribution < 1.29 is 14.3 Å². The Morgan fingerprint density at radius 1 is 1.20 bits per heavy atom. The van der Waals surface area contributed by atoms with Crippen LogP contribution in [0.15, 0.2) is 42.5 Å². The Labute approximate surface area is 148 Å². The van der Waals surface area contributed by atoms with E-state index in [1.165, 1.54) is 0 Å². The second kappa shape index (κ2) is 6.79. The SMILES string of the molecule is COc1cccc([C@H]2CCCCN2C(=O)c2ccc3c(c2)CCO3)c1. The Hall–Kier alpha value is -2.49. The highest BCUT2D eigenvalue weighted by Crippen LogP contribution is 2.34. The van der Waals surface area contributed by atoms with E-state index in [0.29, 0.717) is 6.61 Å². The average Bonchev–Trinajstić information content (AvgIpc) is 3.15. The van der Waals surface area contributed by atoms with Crippen LogP contribution in [0.2, 0.25) is 0 Å². The highest BCUT2D eigenvalue weighted by atomic mass is 16.5. The van der Waals surface area contributed by atoms with E-state index in [1.807, 2.05) is 41.3 Å². The lowest BCUT2D eigenvalue weighted by atomic mass is 9.94. The number of nitrogens with zero attached hydrogens (tertiary/aromatic N) is 1. The van der Waals surface area contributed by atoms with Crippen molar-refractivity contribution in [2.24, 2.45) is 0 Å². The van der Waals surface area contributed by atoms with Crippen LogP contribution in [-0.2, 0) is 6.42 Å². The Bertz CT molecular complexity index is 786. The number of carbonyl (C=O) groups is 1. The first-order chi connectivity index (χ1) is 12.3. The number of piperidine rings is 1. The monoisotopic (exact) mass is 337 g/mol. The molecule has 0 bridgehead atoms. The zero-order valence-corrected chi connectivity index (χ0v) is 14.5. The van der Waals surface area contributed by atoms with Gasteiger partial charge in [-0.05, 0) is 60.7 Å².